The molecule has 168 valence electrons. The van der Waals surface area contributed by atoms with Crippen LogP contribution in [-0.4, -0.2) is 27.5 Å². The largest absolute Gasteiger partial charge is 0.508 e. The van der Waals surface area contributed by atoms with Crippen LogP contribution in [0.15, 0.2) is 12.1 Å². The van der Waals surface area contributed by atoms with Gasteiger partial charge in [-0.25, -0.2) is 0 Å². The van der Waals surface area contributed by atoms with Crippen LogP contribution in [-0.2, 0) is 8.87 Å². The van der Waals surface area contributed by atoms with Crippen LogP contribution < -0.4 is 0 Å². The zero-order valence-corrected chi connectivity index (χ0v) is 20.6. The standard InChI is InChI=1S/C25H38O3S2/c1-5-6-7-8-11-25(29-12-13-30-25)18-15-21(27)23(22(28)16-18)17-9-10-19(20(26)14-17)24(2,3)4/h15-17,19,27-28H,5-14H2,1-4H3/t17-,19-/m0/s1. The van der Waals surface area contributed by atoms with Crippen molar-refractivity contribution >= 4 is 29.3 Å². The summed E-state index contributed by atoms with van der Waals surface area (Å²) < 4.78 is -0.0685. The monoisotopic (exact) mass is 450 g/mol. The Balaban J connectivity index is 1.81. The number of benzene rings is 1. The van der Waals surface area contributed by atoms with Crippen LogP contribution in [0.3, 0.4) is 0 Å². The topological polar surface area (TPSA) is 57.5 Å². The Morgan fingerprint density at radius 1 is 1.03 bits per heavy atom. The molecule has 2 aliphatic rings. The number of phenolic OH excluding ortho intramolecular Hbond substituents is 2. The number of Topliss-reactive ketones (excluding diaryl/α,β-unsaturated/α-hetero) is 1. The fourth-order valence-corrected chi connectivity index (χ4v) is 8.44. The highest BCUT2D eigenvalue weighted by atomic mass is 32.2. The molecular formula is C25H38O3S2. The Morgan fingerprint density at radius 3 is 2.20 bits per heavy atom. The van der Waals surface area contributed by atoms with Gasteiger partial charge in [0.25, 0.3) is 0 Å². The van der Waals surface area contributed by atoms with Crippen LogP contribution in [0.5, 0.6) is 11.5 Å². The Bertz CT molecular complexity index is 724. The summed E-state index contributed by atoms with van der Waals surface area (Å²) in [6.45, 7) is 8.59. The van der Waals surface area contributed by atoms with E-state index in [2.05, 4.69) is 27.7 Å². The maximum absolute atomic E-state index is 12.8. The summed E-state index contributed by atoms with van der Waals surface area (Å²) in [5.41, 5.74) is 1.57. The lowest BCUT2D eigenvalue weighted by atomic mass is 9.67. The average molecular weight is 451 g/mol. The van der Waals surface area contributed by atoms with Crippen molar-refractivity contribution in [3.63, 3.8) is 0 Å². The predicted molar refractivity (Wildman–Crippen MR) is 130 cm³/mol. The lowest BCUT2D eigenvalue weighted by molar-refractivity contribution is -0.128. The molecule has 1 saturated carbocycles. The lowest BCUT2D eigenvalue weighted by Crippen LogP contribution is -2.33. The van der Waals surface area contributed by atoms with Gasteiger partial charge in [-0.3, -0.25) is 4.79 Å². The smallest absolute Gasteiger partial charge is 0.137 e. The molecule has 1 aromatic carbocycles. The van der Waals surface area contributed by atoms with Gasteiger partial charge in [0.2, 0.25) is 0 Å². The molecule has 2 N–H and O–H groups in total. The van der Waals surface area contributed by atoms with Gasteiger partial charge < -0.3 is 10.2 Å². The molecule has 1 heterocycles. The zero-order valence-electron chi connectivity index (χ0n) is 19.0. The molecule has 0 bridgehead atoms. The highest BCUT2D eigenvalue weighted by Crippen LogP contribution is 2.57. The van der Waals surface area contributed by atoms with Crippen molar-refractivity contribution in [2.75, 3.05) is 11.5 Å². The van der Waals surface area contributed by atoms with Gasteiger partial charge in [0.05, 0.1) is 4.08 Å². The summed E-state index contributed by atoms with van der Waals surface area (Å²) in [6, 6.07) is 3.75. The summed E-state index contributed by atoms with van der Waals surface area (Å²) >= 11 is 3.90. The number of rotatable bonds is 7. The maximum Gasteiger partial charge on any atom is 0.137 e. The Kier molecular flexibility index (Phi) is 7.76. The Morgan fingerprint density at radius 2 is 1.67 bits per heavy atom. The molecule has 1 aliphatic heterocycles. The van der Waals surface area contributed by atoms with E-state index in [0.717, 1.165) is 36.3 Å². The van der Waals surface area contributed by atoms with E-state index in [1.165, 1.54) is 25.7 Å². The number of hydrogen-bond donors (Lipinski definition) is 2. The molecule has 0 spiro atoms. The number of aromatic hydroxyl groups is 2. The third kappa shape index (κ3) is 5.15. The molecule has 1 aromatic rings. The van der Waals surface area contributed by atoms with Crippen molar-refractivity contribution in [3.8, 4) is 11.5 Å². The van der Waals surface area contributed by atoms with E-state index in [-0.39, 0.29) is 38.6 Å². The molecule has 0 amide bonds. The molecule has 0 radical (unpaired) electrons. The minimum atomic E-state index is -0.0884. The SMILES string of the molecule is CCCCCCC1(c2cc(O)c([C@H]3CC[C@H](C(C)(C)C)C(=O)C3)c(O)c2)SCCS1. The molecule has 1 aliphatic carbocycles. The normalized spacial score (nSPS) is 24.3. The molecule has 0 unspecified atom stereocenters. The number of phenols is 2. The van der Waals surface area contributed by atoms with E-state index in [9.17, 15) is 15.0 Å². The minimum Gasteiger partial charge on any atom is -0.508 e. The molecule has 3 nitrogen and oxygen atoms in total. The average Bonchev–Trinajstić information content (AvgIpc) is 3.14. The summed E-state index contributed by atoms with van der Waals surface area (Å²) in [7, 11) is 0. The van der Waals surface area contributed by atoms with Gasteiger partial charge in [-0.1, -0.05) is 53.4 Å². The molecule has 3 rings (SSSR count). The van der Waals surface area contributed by atoms with Gasteiger partial charge in [0.1, 0.15) is 17.3 Å². The van der Waals surface area contributed by atoms with E-state index < -0.39 is 0 Å². The van der Waals surface area contributed by atoms with Crippen LogP contribution in [0.1, 0.15) is 96.1 Å². The molecule has 2 fully saturated rings. The number of unbranched alkanes of at least 4 members (excludes halogenated alkanes) is 3. The van der Waals surface area contributed by atoms with E-state index in [1.54, 1.807) is 0 Å². The van der Waals surface area contributed by atoms with Gasteiger partial charge >= 0.3 is 0 Å². The third-order valence-electron chi connectivity index (χ3n) is 6.78. The van der Waals surface area contributed by atoms with Crippen LogP contribution in [0.25, 0.3) is 0 Å². The number of ketones is 1. The molecule has 2 atom stereocenters. The van der Waals surface area contributed by atoms with E-state index in [0.29, 0.717) is 12.0 Å². The van der Waals surface area contributed by atoms with Crippen LogP contribution in [0.2, 0.25) is 0 Å². The summed E-state index contributed by atoms with van der Waals surface area (Å²) in [5, 5.41) is 21.9. The van der Waals surface area contributed by atoms with Crippen LogP contribution >= 0.6 is 23.5 Å². The maximum atomic E-state index is 12.8. The summed E-state index contributed by atoms with van der Waals surface area (Å²) in [4.78, 5) is 12.8. The predicted octanol–water partition coefficient (Wildman–Crippen LogP) is 7.20. The van der Waals surface area contributed by atoms with Crippen molar-refractivity contribution in [1.82, 2.24) is 0 Å². The summed E-state index contributed by atoms with van der Waals surface area (Å²) in [6.07, 6.45) is 8.01. The minimum absolute atomic E-state index is 0.0307. The van der Waals surface area contributed by atoms with E-state index in [4.69, 9.17) is 0 Å². The first-order valence-electron chi connectivity index (χ1n) is 11.5. The van der Waals surface area contributed by atoms with Crippen molar-refractivity contribution in [3.05, 3.63) is 23.3 Å². The van der Waals surface area contributed by atoms with Gasteiger partial charge in [-0.15, -0.1) is 23.5 Å². The molecular weight excluding hydrogens is 412 g/mol. The van der Waals surface area contributed by atoms with Gasteiger partial charge in [-0.2, -0.15) is 0 Å². The first-order valence-corrected chi connectivity index (χ1v) is 13.5. The zero-order chi connectivity index (χ0) is 21.9. The Labute approximate surface area is 190 Å². The fourth-order valence-electron chi connectivity index (χ4n) is 5.13. The van der Waals surface area contributed by atoms with Crippen molar-refractivity contribution in [1.29, 1.82) is 0 Å². The van der Waals surface area contributed by atoms with E-state index in [1.807, 2.05) is 35.7 Å². The number of hydrogen-bond acceptors (Lipinski definition) is 5. The second-order valence-corrected chi connectivity index (χ2v) is 13.1. The summed E-state index contributed by atoms with van der Waals surface area (Å²) in [5.74, 6) is 2.77. The van der Waals surface area contributed by atoms with Crippen LogP contribution in [0, 0.1) is 11.3 Å². The Hall–Kier alpha value is -0.810. The number of thioether (sulfide) groups is 2. The third-order valence-corrected chi connectivity index (χ3v) is 10.4. The van der Waals surface area contributed by atoms with Crippen molar-refractivity contribution in [2.45, 2.75) is 89.1 Å². The molecule has 1 saturated heterocycles. The van der Waals surface area contributed by atoms with Gasteiger partial charge in [0, 0.05) is 29.4 Å². The number of carbonyl (C=O) groups excluding carboxylic acids is 1. The second-order valence-electron chi connectivity index (χ2n) is 10.1. The highest BCUT2D eigenvalue weighted by Gasteiger charge is 2.40. The molecule has 30 heavy (non-hydrogen) atoms. The van der Waals surface area contributed by atoms with E-state index >= 15 is 0 Å². The molecule has 0 aromatic heterocycles. The number of carbonyl (C=O) groups is 1. The van der Waals surface area contributed by atoms with Crippen molar-refractivity contribution < 1.29 is 15.0 Å². The second kappa shape index (κ2) is 9.77. The lowest BCUT2D eigenvalue weighted by Gasteiger charge is -2.36. The fraction of sp³-hybridized carbons (Fsp3) is 0.720. The first kappa shape index (κ1) is 23.8. The highest BCUT2D eigenvalue weighted by molar-refractivity contribution is 8.20. The van der Waals surface area contributed by atoms with Gasteiger partial charge in [-0.05, 0) is 48.3 Å². The van der Waals surface area contributed by atoms with Gasteiger partial charge in [0.15, 0.2) is 0 Å². The van der Waals surface area contributed by atoms with Crippen LogP contribution in [0.4, 0.5) is 0 Å². The quantitative estimate of drug-likeness (QED) is 0.430. The first-order chi connectivity index (χ1) is 14.2. The molecule has 5 heteroatoms. The van der Waals surface area contributed by atoms with Crippen molar-refractivity contribution in [2.24, 2.45) is 11.3 Å².